The number of pyridine rings is 1. The summed E-state index contributed by atoms with van der Waals surface area (Å²) in [4.78, 5) is 4.28. The first-order valence-electron chi connectivity index (χ1n) is 5.87. The minimum Gasteiger partial charge on any atom is -0.383 e. The van der Waals surface area contributed by atoms with E-state index in [9.17, 15) is 4.39 Å². The van der Waals surface area contributed by atoms with Gasteiger partial charge in [0, 0.05) is 10.9 Å². The van der Waals surface area contributed by atoms with Crippen LogP contribution in [0.4, 0.5) is 10.2 Å². The Morgan fingerprint density at radius 3 is 2.50 bits per heavy atom. The predicted molar refractivity (Wildman–Crippen MR) is 84.3 cm³/mol. The first-order valence-corrected chi connectivity index (χ1v) is 7.04. The molecular formula is C15H9BrClFN2. The number of fused-ring (bicyclic) bond motifs is 1. The molecule has 1 aromatic heterocycles. The second-order valence-electron chi connectivity index (χ2n) is 4.33. The molecule has 2 nitrogen and oxygen atoms in total. The number of hydrogen-bond donors (Lipinski definition) is 1. The SMILES string of the molecule is Nc1nc(Br)c2c(Cl)cccc2c1-c1ccc(F)cc1. The molecule has 0 saturated carbocycles. The average Bonchev–Trinajstić information content (AvgIpc) is 2.40. The van der Waals surface area contributed by atoms with Gasteiger partial charge in [-0.3, -0.25) is 0 Å². The first kappa shape index (κ1) is 13.3. The molecule has 0 amide bonds. The zero-order valence-electron chi connectivity index (χ0n) is 10.2. The summed E-state index contributed by atoms with van der Waals surface area (Å²) in [5.74, 6) is 0.0815. The van der Waals surface area contributed by atoms with Crippen LogP contribution in [0.2, 0.25) is 5.02 Å². The third kappa shape index (κ3) is 2.15. The fourth-order valence-corrected chi connectivity index (χ4v) is 3.21. The molecular weight excluding hydrogens is 343 g/mol. The molecule has 2 aromatic carbocycles. The fraction of sp³-hybridized carbons (Fsp3) is 0. The minimum absolute atomic E-state index is 0.292. The monoisotopic (exact) mass is 350 g/mol. The van der Waals surface area contributed by atoms with E-state index in [-0.39, 0.29) is 5.82 Å². The highest BCUT2D eigenvalue weighted by molar-refractivity contribution is 9.10. The standard InChI is InChI=1S/C15H9BrClFN2/c16-14-13-10(2-1-3-11(13)17)12(15(19)20-14)8-4-6-9(18)7-5-8/h1-7H,(H2,19,20). The maximum absolute atomic E-state index is 13.1. The van der Waals surface area contributed by atoms with Gasteiger partial charge in [0.1, 0.15) is 16.2 Å². The van der Waals surface area contributed by atoms with Crippen LogP contribution in [0.5, 0.6) is 0 Å². The third-order valence-electron chi connectivity index (χ3n) is 3.10. The van der Waals surface area contributed by atoms with Gasteiger partial charge in [0.05, 0.1) is 5.02 Å². The zero-order valence-corrected chi connectivity index (χ0v) is 12.5. The van der Waals surface area contributed by atoms with Gasteiger partial charge in [-0.05, 0) is 45.1 Å². The Labute approximate surface area is 128 Å². The molecule has 0 spiro atoms. The Balaban J connectivity index is 2.41. The highest BCUT2D eigenvalue weighted by Crippen LogP contribution is 2.39. The number of nitrogens with two attached hydrogens (primary N) is 1. The van der Waals surface area contributed by atoms with Crippen molar-refractivity contribution >= 4 is 44.1 Å². The summed E-state index contributed by atoms with van der Waals surface area (Å²) in [6, 6.07) is 11.7. The van der Waals surface area contributed by atoms with E-state index in [1.165, 1.54) is 12.1 Å². The molecule has 5 heteroatoms. The van der Waals surface area contributed by atoms with Crippen molar-refractivity contribution < 1.29 is 4.39 Å². The maximum atomic E-state index is 13.1. The van der Waals surface area contributed by atoms with Crippen LogP contribution in [0.15, 0.2) is 47.1 Å². The third-order valence-corrected chi connectivity index (χ3v) is 3.99. The van der Waals surface area contributed by atoms with Crippen molar-refractivity contribution in [2.75, 3.05) is 5.73 Å². The van der Waals surface area contributed by atoms with Gasteiger partial charge in [-0.2, -0.15) is 0 Å². The highest BCUT2D eigenvalue weighted by Gasteiger charge is 2.14. The quantitative estimate of drug-likeness (QED) is 0.624. The van der Waals surface area contributed by atoms with Crippen LogP contribution in [0.3, 0.4) is 0 Å². The summed E-state index contributed by atoms with van der Waals surface area (Å²) < 4.78 is 13.7. The highest BCUT2D eigenvalue weighted by atomic mass is 79.9. The van der Waals surface area contributed by atoms with E-state index >= 15 is 0 Å². The number of hydrogen-bond acceptors (Lipinski definition) is 2. The van der Waals surface area contributed by atoms with E-state index in [1.807, 2.05) is 12.1 Å². The summed E-state index contributed by atoms with van der Waals surface area (Å²) in [5, 5.41) is 2.26. The number of anilines is 1. The summed E-state index contributed by atoms with van der Waals surface area (Å²) in [5.41, 5.74) is 7.59. The number of aromatic nitrogens is 1. The van der Waals surface area contributed by atoms with Gasteiger partial charge in [-0.1, -0.05) is 35.9 Å². The molecule has 0 aliphatic heterocycles. The summed E-state index contributed by atoms with van der Waals surface area (Å²) in [6.07, 6.45) is 0. The molecule has 3 aromatic rings. The van der Waals surface area contributed by atoms with Crippen molar-refractivity contribution in [2.24, 2.45) is 0 Å². The van der Waals surface area contributed by atoms with Crippen molar-refractivity contribution in [1.29, 1.82) is 0 Å². The van der Waals surface area contributed by atoms with E-state index in [1.54, 1.807) is 18.2 Å². The van der Waals surface area contributed by atoms with Crippen molar-refractivity contribution in [1.82, 2.24) is 4.98 Å². The van der Waals surface area contributed by atoms with E-state index < -0.39 is 0 Å². The second kappa shape index (κ2) is 5.04. The lowest BCUT2D eigenvalue weighted by molar-refractivity contribution is 0.628. The molecule has 1 heterocycles. The van der Waals surface area contributed by atoms with Gasteiger partial charge < -0.3 is 5.73 Å². The van der Waals surface area contributed by atoms with Crippen molar-refractivity contribution in [2.45, 2.75) is 0 Å². The molecule has 2 N–H and O–H groups in total. The molecule has 100 valence electrons. The van der Waals surface area contributed by atoms with Gasteiger partial charge in [0.2, 0.25) is 0 Å². The van der Waals surface area contributed by atoms with E-state index in [0.717, 1.165) is 21.9 Å². The van der Waals surface area contributed by atoms with E-state index in [4.69, 9.17) is 17.3 Å². The van der Waals surface area contributed by atoms with Crippen molar-refractivity contribution in [3.05, 3.63) is 57.9 Å². The Bertz CT molecular complexity index is 803. The first-order chi connectivity index (χ1) is 9.58. The zero-order chi connectivity index (χ0) is 14.3. The Morgan fingerprint density at radius 1 is 1.10 bits per heavy atom. The Kier molecular flexibility index (Phi) is 3.36. The average molecular weight is 352 g/mol. The molecule has 0 fully saturated rings. The molecule has 0 bridgehead atoms. The molecule has 0 aliphatic rings. The lowest BCUT2D eigenvalue weighted by Gasteiger charge is -2.12. The number of halogens is 3. The fourth-order valence-electron chi connectivity index (χ4n) is 2.22. The van der Waals surface area contributed by atoms with Crippen molar-refractivity contribution in [3.8, 4) is 11.1 Å². The molecule has 0 radical (unpaired) electrons. The topological polar surface area (TPSA) is 38.9 Å². The van der Waals surface area contributed by atoms with Crippen LogP contribution in [-0.2, 0) is 0 Å². The van der Waals surface area contributed by atoms with E-state index in [0.29, 0.717) is 15.4 Å². The van der Waals surface area contributed by atoms with Crippen LogP contribution in [0.1, 0.15) is 0 Å². The normalized spacial score (nSPS) is 10.9. The minimum atomic E-state index is -0.292. The molecule has 0 atom stereocenters. The number of nitrogens with zero attached hydrogens (tertiary/aromatic N) is 1. The van der Waals surface area contributed by atoms with Crippen LogP contribution >= 0.6 is 27.5 Å². The number of rotatable bonds is 1. The Hall–Kier alpha value is -1.65. The maximum Gasteiger partial charge on any atom is 0.133 e. The van der Waals surface area contributed by atoms with Gasteiger partial charge >= 0.3 is 0 Å². The predicted octanol–water partition coefficient (Wildman–Crippen LogP) is 5.04. The van der Waals surface area contributed by atoms with Crippen molar-refractivity contribution in [3.63, 3.8) is 0 Å². The van der Waals surface area contributed by atoms with Gasteiger partial charge in [-0.25, -0.2) is 9.37 Å². The second-order valence-corrected chi connectivity index (χ2v) is 5.49. The summed E-state index contributed by atoms with van der Waals surface area (Å²) in [7, 11) is 0. The van der Waals surface area contributed by atoms with Gasteiger partial charge in [0.15, 0.2) is 0 Å². The molecule has 0 aliphatic carbocycles. The van der Waals surface area contributed by atoms with Crippen LogP contribution in [0.25, 0.3) is 21.9 Å². The molecule has 3 rings (SSSR count). The molecule has 0 saturated heterocycles. The number of nitrogen functional groups attached to an aromatic ring is 1. The summed E-state index contributed by atoms with van der Waals surface area (Å²) in [6.45, 7) is 0. The van der Waals surface area contributed by atoms with Crippen LogP contribution < -0.4 is 5.73 Å². The van der Waals surface area contributed by atoms with Crippen LogP contribution in [0, 0.1) is 5.82 Å². The molecule has 20 heavy (non-hydrogen) atoms. The largest absolute Gasteiger partial charge is 0.383 e. The smallest absolute Gasteiger partial charge is 0.133 e. The molecule has 0 unspecified atom stereocenters. The summed E-state index contributed by atoms with van der Waals surface area (Å²) >= 11 is 9.61. The van der Waals surface area contributed by atoms with Gasteiger partial charge in [-0.15, -0.1) is 0 Å². The Morgan fingerprint density at radius 2 is 1.80 bits per heavy atom. The van der Waals surface area contributed by atoms with Gasteiger partial charge in [0.25, 0.3) is 0 Å². The van der Waals surface area contributed by atoms with Crippen LogP contribution in [-0.4, -0.2) is 4.98 Å². The number of benzene rings is 2. The lowest BCUT2D eigenvalue weighted by Crippen LogP contribution is -1.97. The van der Waals surface area contributed by atoms with E-state index in [2.05, 4.69) is 20.9 Å². The lowest BCUT2D eigenvalue weighted by atomic mass is 10.00.